The lowest BCUT2D eigenvalue weighted by atomic mass is 9.94. The van der Waals surface area contributed by atoms with E-state index in [2.05, 4.69) is 0 Å². The molecule has 0 aliphatic carbocycles. The van der Waals surface area contributed by atoms with Crippen molar-refractivity contribution in [1.29, 1.82) is 0 Å². The predicted molar refractivity (Wildman–Crippen MR) is 46.4 cm³/mol. The quantitative estimate of drug-likeness (QED) is 0.511. The highest BCUT2D eigenvalue weighted by Crippen LogP contribution is 2.18. The fourth-order valence-corrected chi connectivity index (χ4v) is 1.30. The first kappa shape index (κ1) is 10.5. The molecule has 0 bridgehead atoms. The zero-order chi connectivity index (χ0) is 8.20. The van der Waals surface area contributed by atoms with Crippen LogP contribution in [-0.2, 0) is 0 Å². The smallest absolute Gasteiger partial charge is 0.0982 e. The Morgan fingerprint density at radius 1 is 1.60 bits per heavy atom. The van der Waals surface area contributed by atoms with Gasteiger partial charge in [0.25, 0.3) is 0 Å². The van der Waals surface area contributed by atoms with E-state index in [9.17, 15) is 0 Å². The van der Waals surface area contributed by atoms with Gasteiger partial charge in [-0.1, -0.05) is 6.92 Å². The summed E-state index contributed by atoms with van der Waals surface area (Å²) in [6, 6.07) is 0. The number of halogens is 2. The van der Waals surface area contributed by atoms with Gasteiger partial charge in [0, 0.05) is 11.4 Å². The van der Waals surface area contributed by atoms with Crippen molar-refractivity contribution < 1.29 is 0 Å². The molecule has 4 heteroatoms. The molecule has 62 valence electrons. The Kier molecular flexibility index (Phi) is 4.61. The van der Waals surface area contributed by atoms with Gasteiger partial charge in [0.05, 0.1) is 5.50 Å². The molecule has 0 fully saturated rings. The van der Waals surface area contributed by atoms with Gasteiger partial charge in [-0.15, -0.1) is 23.2 Å². The Hall–Kier alpha value is 0.500. The van der Waals surface area contributed by atoms with Crippen LogP contribution in [0.2, 0.25) is 0 Å². The highest BCUT2D eigenvalue weighted by molar-refractivity contribution is 6.21. The lowest BCUT2D eigenvalue weighted by Crippen LogP contribution is -2.52. The maximum Gasteiger partial charge on any atom is 0.0982 e. The van der Waals surface area contributed by atoms with Crippen LogP contribution in [0.4, 0.5) is 0 Å². The normalized spacial score (nSPS) is 20.1. The van der Waals surface area contributed by atoms with Crippen molar-refractivity contribution >= 4 is 23.2 Å². The summed E-state index contributed by atoms with van der Waals surface area (Å²) in [5.41, 5.74) is 10.3. The standard InChI is InChI=1S/C6H14Cl2N2/c1-2-6(10,3-4-7)5(8)9/h5H,2-4,9-10H2,1H3. The summed E-state index contributed by atoms with van der Waals surface area (Å²) in [5, 5.41) is 0. The highest BCUT2D eigenvalue weighted by Gasteiger charge is 2.28. The van der Waals surface area contributed by atoms with E-state index < -0.39 is 11.0 Å². The molecule has 4 N–H and O–H groups in total. The second-order valence-electron chi connectivity index (χ2n) is 2.43. The molecule has 2 unspecified atom stereocenters. The third-order valence-corrected chi connectivity index (χ3v) is 2.39. The van der Waals surface area contributed by atoms with Crippen LogP contribution >= 0.6 is 23.2 Å². The van der Waals surface area contributed by atoms with Crippen LogP contribution in [0.1, 0.15) is 19.8 Å². The van der Waals surface area contributed by atoms with Gasteiger partial charge in [-0.2, -0.15) is 0 Å². The van der Waals surface area contributed by atoms with Crippen molar-refractivity contribution in [2.24, 2.45) is 11.5 Å². The van der Waals surface area contributed by atoms with Crippen LogP contribution in [0.25, 0.3) is 0 Å². The molecule has 0 aliphatic heterocycles. The topological polar surface area (TPSA) is 52.0 Å². The Bertz CT molecular complexity index is 97.7. The molecule has 0 radical (unpaired) electrons. The van der Waals surface area contributed by atoms with Gasteiger partial charge in [0.15, 0.2) is 0 Å². The first-order valence-electron chi connectivity index (χ1n) is 3.31. The molecule has 0 rings (SSSR count). The van der Waals surface area contributed by atoms with Crippen molar-refractivity contribution in [3.8, 4) is 0 Å². The number of alkyl halides is 2. The molecule has 10 heavy (non-hydrogen) atoms. The second kappa shape index (κ2) is 4.39. The van der Waals surface area contributed by atoms with Crippen LogP contribution in [-0.4, -0.2) is 16.9 Å². The Labute approximate surface area is 71.9 Å². The van der Waals surface area contributed by atoms with Crippen molar-refractivity contribution in [3.63, 3.8) is 0 Å². The first-order valence-corrected chi connectivity index (χ1v) is 4.28. The van der Waals surface area contributed by atoms with E-state index in [1.54, 1.807) is 0 Å². The number of rotatable bonds is 4. The summed E-state index contributed by atoms with van der Waals surface area (Å²) in [6.07, 6.45) is 1.42. The average Bonchev–Trinajstić information content (AvgIpc) is 1.88. The first-order chi connectivity index (χ1) is 4.56. The summed E-state index contributed by atoms with van der Waals surface area (Å²) in [7, 11) is 0. The number of hydrogen-bond donors (Lipinski definition) is 2. The lowest BCUT2D eigenvalue weighted by Gasteiger charge is -2.29. The molecule has 0 aromatic rings. The van der Waals surface area contributed by atoms with Crippen LogP contribution in [0, 0.1) is 0 Å². The van der Waals surface area contributed by atoms with Gasteiger partial charge in [0.1, 0.15) is 0 Å². The molecule has 0 aromatic heterocycles. The summed E-state index contributed by atoms with van der Waals surface area (Å²) < 4.78 is 0. The summed E-state index contributed by atoms with van der Waals surface area (Å²) in [5.74, 6) is 0.505. The average molecular weight is 185 g/mol. The fraction of sp³-hybridized carbons (Fsp3) is 1.00. The fourth-order valence-electron chi connectivity index (χ4n) is 0.686. The molecule has 0 spiro atoms. The highest BCUT2D eigenvalue weighted by atomic mass is 35.5. The minimum absolute atomic E-state index is 0.497. The second-order valence-corrected chi connectivity index (χ2v) is 3.28. The zero-order valence-electron chi connectivity index (χ0n) is 6.11. The van der Waals surface area contributed by atoms with E-state index in [0.717, 1.165) is 6.42 Å². The zero-order valence-corrected chi connectivity index (χ0v) is 7.62. The van der Waals surface area contributed by atoms with Gasteiger partial charge in [-0.25, -0.2) is 0 Å². The maximum atomic E-state index is 5.81. The van der Waals surface area contributed by atoms with Crippen LogP contribution in [0.15, 0.2) is 0 Å². The van der Waals surface area contributed by atoms with E-state index in [1.165, 1.54) is 0 Å². The van der Waals surface area contributed by atoms with Crippen molar-refractivity contribution in [3.05, 3.63) is 0 Å². The third kappa shape index (κ3) is 2.62. The minimum atomic E-state index is -0.503. The molecule has 2 nitrogen and oxygen atoms in total. The lowest BCUT2D eigenvalue weighted by molar-refractivity contribution is 0.383. The molecular weight excluding hydrogens is 171 g/mol. The van der Waals surface area contributed by atoms with Crippen LogP contribution < -0.4 is 11.5 Å². The largest absolute Gasteiger partial charge is 0.323 e. The predicted octanol–water partition coefficient (Wildman–Crippen LogP) is 1.25. The van der Waals surface area contributed by atoms with Crippen molar-refractivity contribution in [2.45, 2.75) is 30.8 Å². The molecule has 0 amide bonds. The van der Waals surface area contributed by atoms with Gasteiger partial charge in [0.2, 0.25) is 0 Å². The summed E-state index contributed by atoms with van der Waals surface area (Å²) in [4.78, 5) is 0. The molecule has 0 heterocycles. The summed E-state index contributed by atoms with van der Waals surface area (Å²) in [6.45, 7) is 1.95. The molecule has 0 aromatic carbocycles. The van der Waals surface area contributed by atoms with Gasteiger partial charge in [-0.05, 0) is 12.8 Å². The minimum Gasteiger partial charge on any atom is -0.323 e. The summed E-state index contributed by atoms with van der Waals surface area (Å²) >= 11 is 11.2. The molecular formula is C6H14Cl2N2. The van der Waals surface area contributed by atoms with Crippen LogP contribution in [0.3, 0.4) is 0 Å². The maximum absolute atomic E-state index is 5.81. The Balaban J connectivity index is 3.94. The van der Waals surface area contributed by atoms with E-state index in [4.69, 9.17) is 34.7 Å². The molecule has 0 saturated heterocycles. The van der Waals surface area contributed by atoms with E-state index in [0.29, 0.717) is 12.3 Å². The third-order valence-electron chi connectivity index (χ3n) is 1.77. The molecule has 2 atom stereocenters. The number of nitrogens with two attached hydrogens (primary N) is 2. The number of hydrogen-bond acceptors (Lipinski definition) is 2. The van der Waals surface area contributed by atoms with Gasteiger partial charge >= 0.3 is 0 Å². The monoisotopic (exact) mass is 184 g/mol. The molecule has 0 saturated carbocycles. The Morgan fingerprint density at radius 2 is 2.10 bits per heavy atom. The van der Waals surface area contributed by atoms with Crippen molar-refractivity contribution in [1.82, 2.24) is 0 Å². The molecule has 0 aliphatic rings. The van der Waals surface area contributed by atoms with Crippen molar-refractivity contribution in [2.75, 3.05) is 5.88 Å². The SMILES string of the molecule is CCC(N)(CCCl)C(N)Cl. The van der Waals surface area contributed by atoms with E-state index in [-0.39, 0.29) is 0 Å². The van der Waals surface area contributed by atoms with Crippen LogP contribution in [0.5, 0.6) is 0 Å². The van der Waals surface area contributed by atoms with E-state index >= 15 is 0 Å². The van der Waals surface area contributed by atoms with Gasteiger partial charge in [-0.3, -0.25) is 0 Å². The van der Waals surface area contributed by atoms with E-state index in [1.807, 2.05) is 6.92 Å². The Morgan fingerprint density at radius 3 is 2.20 bits per heavy atom. The van der Waals surface area contributed by atoms with Gasteiger partial charge < -0.3 is 11.5 Å².